The highest BCUT2D eigenvalue weighted by Gasteiger charge is 2.29. The maximum Gasteiger partial charge on any atom is 0.271 e. The van der Waals surface area contributed by atoms with Gasteiger partial charge in [-0.05, 0) is 73.9 Å². The smallest absolute Gasteiger partial charge is 0.271 e. The van der Waals surface area contributed by atoms with Crippen molar-refractivity contribution >= 4 is 23.3 Å². The number of aryl methyl sites for hydroxylation is 2. The first-order valence-corrected chi connectivity index (χ1v) is 12.4. The zero-order valence-electron chi connectivity index (χ0n) is 19.3. The zero-order valence-corrected chi connectivity index (χ0v) is 20.1. The van der Waals surface area contributed by atoms with Crippen molar-refractivity contribution in [3.8, 4) is 5.69 Å². The van der Waals surface area contributed by atoms with Crippen LogP contribution in [0.2, 0.25) is 5.02 Å². The molecular formula is C27H29ClN4O2. The van der Waals surface area contributed by atoms with Gasteiger partial charge in [-0.2, -0.15) is 4.68 Å². The molecular weight excluding hydrogens is 448 g/mol. The van der Waals surface area contributed by atoms with Crippen LogP contribution in [0.25, 0.3) is 5.69 Å². The number of nitrogens with zero attached hydrogens (tertiary/aromatic N) is 3. The number of anilines is 1. The van der Waals surface area contributed by atoms with Crippen molar-refractivity contribution in [1.82, 2.24) is 15.1 Å². The van der Waals surface area contributed by atoms with E-state index in [0.717, 1.165) is 56.6 Å². The van der Waals surface area contributed by atoms with Crippen LogP contribution in [0.5, 0.6) is 0 Å². The highest BCUT2D eigenvalue weighted by Crippen LogP contribution is 2.30. The van der Waals surface area contributed by atoms with Gasteiger partial charge >= 0.3 is 0 Å². The molecule has 1 aliphatic carbocycles. The molecule has 2 aromatic carbocycles. The Bertz CT molecular complexity index is 1260. The third-order valence-electron chi connectivity index (χ3n) is 7.06. The summed E-state index contributed by atoms with van der Waals surface area (Å²) in [6.07, 6.45) is 4.71. The van der Waals surface area contributed by atoms with Gasteiger partial charge in [0, 0.05) is 30.1 Å². The van der Waals surface area contributed by atoms with Crippen LogP contribution in [0, 0.1) is 12.8 Å². The van der Waals surface area contributed by atoms with Gasteiger partial charge in [-0.15, -0.1) is 5.10 Å². The molecule has 1 saturated heterocycles. The molecule has 1 fully saturated rings. The van der Waals surface area contributed by atoms with Gasteiger partial charge in [-0.25, -0.2) is 0 Å². The minimum atomic E-state index is -0.203. The standard InChI is InChI=1S/C27H29ClN4O2/c1-18-9-10-21(17-23(18)28)32-26(33)12-11-25(30-32)31-15-13-20(14-16-31)27(34)29-24-8-4-6-19-5-2-3-7-22(19)24/h2-3,5,7,9-12,17,20,24H,4,6,8,13-16H2,1H3,(H,29,34). The van der Waals surface area contributed by atoms with Crippen LogP contribution in [0.3, 0.4) is 0 Å². The Morgan fingerprint density at radius 1 is 1.06 bits per heavy atom. The van der Waals surface area contributed by atoms with E-state index in [1.165, 1.54) is 21.9 Å². The van der Waals surface area contributed by atoms with E-state index in [2.05, 4.69) is 39.6 Å². The predicted octanol–water partition coefficient (Wildman–Crippen LogP) is 4.60. The van der Waals surface area contributed by atoms with Crippen molar-refractivity contribution in [2.75, 3.05) is 18.0 Å². The summed E-state index contributed by atoms with van der Waals surface area (Å²) in [6, 6.07) is 17.3. The minimum Gasteiger partial charge on any atom is -0.355 e. The average Bonchev–Trinajstić information content (AvgIpc) is 2.86. The van der Waals surface area contributed by atoms with Gasteiger partial charge < -0.3 is 10.2 Å². The molecule has 2 aliphatic rings. The van der Waals surface area contributed by atoms with E-state index in [-0.39, 0.29) is 23.4 Å². The first kappa shape index (κ1) is 22.7. The molecule has 6 nitrogen and oxygen atoms in total. The number of piperidine rings is 1. The SMILES string of the molecule is Cc1ccc(-n2nc(N3CCC(C(=O)NC4CCCc5ccccc54)CC3)ccc2=O)cc1Cl. The monoisotopic (exact) mass is 476 g/mol. The molecule has 3 aromatic rings. The molecule has 0 saturated carbocycles. The number of amides is 1. The Hall–Kier alpha value is -3.12. The largest absolute Gasteiger partial charge is 0.355 e. The molecule has 1 amide bonds. The number of hydrogen-bond acceptors (Lipinski definition) is 4. The van der Waals surface area contributed by atoms with E-state index >= 15 is 0 Å². The summed E-state index contributed by atoms with van der Waals surface area (Å²) in [5.74, 6) is 0.872. The summed E-state index contributed by atoms with van der Waals surface area (Å²) in [4.78, 5) is 27.7. The van der Waals surface area contributed by atoms with Crippen molar-refractivity contribution < 1.29 is 4.79 Å². The lowest BCUT2D eigenvalue weighted by Gasteiger charge is -2.34. The van der Waals surface area contributed by atoms with E-state index in [0.29, 0.717) is 10.7 Å². The number of halogens is 1. The molecule has 0 bridgehead atoms. The Morgan fingerprint density at radius 3 is 2.65 bits per heavy atom. The quantitative estimate of drug-likeness (QED) is 0.597. The molecule has 0 spiro atoms. The molecule has 5 rings (SSSR count). The molecule has 1 unspecified atom stereocenters. The number of aromatic nitrogens is 2. The summed E-state index contributed by atoms with van der Waals surface area (Å²) in [5, 5.41) is 8.51. The van der Waals surface area contributed by atoms with Gasteiger partial charge in [0.2, 0.25) is 5.91 Å². The number of carbonyl (C=O) groups is 1. The lowest BCUT2D eigenvalue weighted by Crippen LogP contribution is -2.42. The van der Waals surface area contributed by atoms with Gasteiger partial charge in [-0.1, -0.05) is 41.9 Å². The van der Waals surface area contributed by atoms with Crippen LogP contribution in [-0.2, 0) is 11.2 Å². The summed E-state index contributed by atoms with van der Waals surface area (Å²) in [5.41, 5.74) is 4.01. The van der Waals surface area contributed by atoms with Crippen LogP contribution >= 0.6 is 11.6 Å². The van der Waals surface area contributed by atoms with Gasteiger partial charge in [-0.3, -0.25) is 9.59 Å². The highest BCUT2D eigenvalue weighted by atomic mass is 35.5. The van der Waals surface area contributed by atoms with E-state index in [4.69, 9.17) is 11.6 Å². The number of benzene rings is 2. The van der Waals surface area contributed by atoms with Crippen LogP contribution in [0.15, 0.2) is 59.4 Å². The third kappa shape index (κ3) is 4.60. The fraction of sp³-hybridized carbons (Fsp3) is 0.370. The van der Waals surface area contributed by atoms with Crippen molar-refractivity contribution in [2.24, 2.45) is 5.92 Å². The summed E-state index contributed by atoms with van der Waals surface area (Å²) in [6.45, 7) is 3.37. The maximum atomic E-state index is 13.1. The molecule has 1 aliphatic heterocycles. The average molecular weight is 477 g/mol. The Kier molecular flexibility index (Phi) is 6.42. The summed E-state index contributed by atoms with van der Waals surface area (Å²) >= 11 is 6.26. The third-order valence-corrected chi connectivity index (χ3v) is 7.47. The summed E-state index contributed by atoms with van der Waals surface area (Å²) < 4.78 is 1.39. The Morgan fingerprint density at radius 2 is 1.85 bits per heavy atom. The number of carbonyl (C=O) groups excluding carboxylic acids is 1. The lowest BCUT2D eigenvalue weighted by molar-refractivity contribution is -0.126. The van der Waals surface area contributed by atoms with Crippen LogP contribution < -0.4 is 15.8 Å². The molecule has 2 heterocycles. The predicted molar refractivity (Wildman–Crippen MR) is 135 cm³/mol. The number of rotatable bonds is 4. The first-order chi connectivity index (χ1) is 16.5. The fourth-order valence-corrected chi connectivity index (χ4v) is 5.21. The van der Waals surface area contributed by atoms with Crippen LogP contribution in [0.1, 0.15) is 48.4 Å². The normalized spacial score (nSPS) is 18.4. The lowest BCUT2D eigenvalue weighted by atomic mass is 9.87. The molecule has 1 N–H and O–H groups in total. The van der Waals surface area contributed by atoms with E-state index in [1.54, 1.807) is 12.1 Å². The molecule has 1 aromatic heterocycles. The van der Waals surface area contributed by atoms with Crippen LogP contribution in [-0.4, -0.2) is 28.8 Å². The number of fused-ring (bicyclic) bond motifs is 1. The fourth-order valence-electron chi connectivity index (χ4n) is 5.03. The molecule has 7 heteroatoms. The van der Waals surface area contributed by atoms with Crippen molar-refractivity contribution in [3.63, 3.8) is 0 Å². The second kappa shape index (κ2) is 9.63. The second-order valence-corrected chi connectivity index (χ2v) is 9.70. The van der Waals surface area contributed by atoms with Gasteiger partial charge in [0.15, 0.2) is 0 Å². The Balaban J connectivity index is 1.25. The van der Waals surface area contributed by atoms with Crippen molar-refractivity contribution in [2.45, 2.75) is 45.1 Å². The maximum absolute atomic E-state index is 13.1. The van der Waals surface area contributed by atoms with Gasteiger partial charge in [0.25, 0.3) is 5.56 Å². The van der Waals surface area contributed by atoms with E-state index in [1.807, 2.05) is 19.1 Å². The zero-order chi connectivity index (χ0) is 23.7. The number of hydrogen-bond donors (Lipinski definition) is 1. The van der Waals surface area contributed by atoms with Crippen molar-refractivity contribution in [3.05, 3.63) is 86.7 Å². The van der Waals surface area contributed by atoms with Crippen molar-refractivity contribution in [1.29, 1.82) is 0 Å². The topological polar surface area (TPSA) is 67.2 Å². The minimum absolute atomic E-state index is 0.00727. The first-order valence-electron chi connectivity index (χ1n) is 12.0. The van der Waals surface area contributed by atoms with Gasteiger partial charge in [0.1, 0.15) is 5.82 Å². The molecule has 1 atom stereocenters. The summed E-state index contributed by atoms with van der Waals surface area (Å²) in [7, 11) is 0. The van der Waals surface area contributed by atoms with E-state index < -0.39 is 0 Å². The molecule has 34 heavy (non-hydrogen) atoms. The van der Waals surface area contributed by atoms with Gasteiger partial charge in [0.05, 0.1) is 11.7 Å². The second-order valence-electron chi connectivity index (χ2n) is 9.29. The molecule has 0 radical (unpaired) electrons. The Labute approximate surface area is 204 Å². The molecule has 176 valence electrons. The van der Waals surface area contributed by atoms with Crippen LogP contribution in [0.4, 0.5) is 5.82 Å². The van der Waals surface area contributed by atoms with E-state index in [9.17, 15) is 9.59 Å². The number of nitrogens with one attached hydrogen (secondary N) is 1. The highest BCUT2D eigenvalue weighted by molar-refractivity contribution is 6.31.